The summed E-state index contributed by atoms with van der Waals surface area (Å²) in [5.41, 5.74) is 6.77. The number of benzene rings is 3. The van der Waals surface area contributed by atoms with Gasteiger partial charge in [-0.2, -0.15) is 0 Å². The molecule has 1 aliphatic rings. The van der Waals surface area contributed by atoms with Gasteiger partial charge in [-0.1, -0.05) is 36.4 Å². The van der Waals surface area contributed by atoms with Crippen LogP contribution in [0.3, 0.4) is 0 Å². The Morgan fingerprint density at radius 1 is 1.00 bits per heavy atom. The highest BCUT2D eigenvalue weighted by atomic mass is 19.1. The summed E-state index contributed by atoms with van der Waals surface area (Å²) < 4.78 is 18.6. The number of ether oxygens (including phenoxy) is 1. The molecule has 4 rings (SSSR count). The molecule has 1 amide bonds. The van der Waals surface area contributed by atoms with Gasteiger partial charge < -0.3 is 10.5 Å². The Morgan fingerprint density at radius 3 is 2.35 bits per heavy atom. The minimum absolute atomic E-state index is 0.0547. The number of carbonyl (C=O) groups is 2. The molecule has 160 valence electrons. The zero-order valence-corrected chi connectivity index (χ0v) is 17.2. The van der Waals surface area contributed by atoms with Crippen molar-refractivity contribution in [1.82, 2.24) is 4.90 Å². The smallest absolute Gasteiger partial charge is 0.405 e. The Balaban J connectivity index is 1.42. The lowest BCUT2D eigenvalue weighted by atomic mass is 9.88. The standard InChI is InChI=1S/C25H25FN2O3/c26-22-9-7-18(8-10-22)24(29)19-11-13-28(14-12-19)16-23(31-25(27)30)21-6-5-17-3-1-2-4-20(17)15-21/h1-10,15,19,23H,11-14,16H2,(H2,27,30). The van der Waals surface area contributed by atoms with Gasteiger partial charge in [-0.25, -0.2) is 9.18 Å². The van der Waals surface area contributed by atoms with Gasteiger partial charge >= 0.3 is 6.09 Å². The minimum Gasteiger partial charge on any atom is -0.440 e. The molecule has 1 aliphatic heterocycles. The monoisotopic (exact) mass is 420 g/mol. The normalized spacial score (nSPS) is 16.2. The Labute approximate surface area is 180 Å². The molecule has 3 aromatic rings. The highest BCUT2D eigenvalue weighted by Crippen LogP contribution is 2.27. The van der Waals surface area contributed by atoms with E-state index in [0.29, 0.717) is 38.0 Å². The predicted molar refractivity (Wildman–Crippen MR) is 117 cm³/mol. The molecule has 2 N–H and O–H groups in total. The van der Waals surface area contributed by atoms with E-state index in [9.17, 15) is 14.0 Å². The van der Waals surface area contributed by atoms with Crippen LogP contribution in [0.15, 0.2) is 66.7 Å². The number of hydrogen-bond acceptors (Lipinski definition) is 4. The number of rotatable bonds is 6. The molecule has 0 aliphatic carbocycles. The van der Waals surface area contributed by atoms with E-state index in [1.54, 1.807) is 12.1 Å². The van der Waals surface area contributed by atoms with Crippen molar-refractivity contribution in [1.29, 1.82) is 0 Å². The van der Waals surface area contributed by atoms with Crippen molar-refractivity contribution in [2.45, 2.75) is 18.9 Å². The van der Waals surface area contributed by atoms with Crippen LogP contribution < -0.4 is 5.73 Å². The number of nitrogens with two attached hydrogens (primary N) is 1. The number of hydrogen-bond donors (Lipinski definition) is 1. The third kappa shape index (κ3) is 5.09. The fourth-order valence-electron chi connectivity index (χ4n) is 4.22. The zero-order chi connectivity index (χ0) is 21.8. The maximum Gasteiger partial charge on any atom is 0.405 e. The number of halogens is 1. The third-order valence-corrected chi connectivity index (χ3v) is 5.91. The van der Waals surface area contributed by atoms with Crippen molar-refractivity contribution in [3.05, 3.63) is 83.7 Å². The first-order valence-electron chi connectivity index (χ1n) is 10.5. The Kier molecular flexibility index (Phi) is 6.28. The van der Waals surface area contributed by atoms with Crippen LogP contribution in [-0.4, -0.2) is 36.4 Å². The van der Waals surface area contributed by atoms with Crippen LogP contribution in [0.5, 0.6) is 0 Å². The molecule has 0 radical (unpaired) electrons. The van der Waals surface area contributed by atoms with E-state index >= 15 is 0 Å². The van der Waals surface area contributed by atoms with E-state index in [0.717, 1.165) is 16.3 Å². The molecule has 1 atom stereocenters. The Bertz CT molecular complexity index is 1080. The van der Waals surface area contributed by atoms with Crippen molar-refractivity contribution in [2.24, 2.45) is 11.7 Å². The van der Waals surface area contributed by atoms with Gasteiger partial charge in [0.05, 0.1) is 0 Å². The summed E-state index contributed by atoms with van der Waals surface area (Å²) in [4.78, 5) is 26.4. The summed E-state index contributed by atoms with van der Waals surface area (Å²) in [5.74, 6) is -0.377. The molecule has 1 unspecified atom stereocenters. The summed E-state index contributed by atoms with van der Waals surface area (Å²) in [6.07, 6.45) is 0.125. The zero-order valence-electron chi connectivity index (χ0n) is 17.2. The molecule has 0 spiro atoms. The van der Waals surface area contributed by atoms with Gasteiger partial charge in [0.25, 0.3) is 0 Å². The number of fused-ring (bicyclic) bond motifs is 1. The van der Waals surface area contributed by atoms with E-state index in [4.69, 9.17) is 10.5 Å². The lowest BCUT2D eigenvalue weighted by Gasteiger charge is -2.33. The topological polar surface area (TPSA) is 72.6 Å². The fourth-order valence-corrected chi connectivity index (χ4v) is 4.22. The first-order chi connectivity index (χ1) is 15.0. The Hall–Kier alpha value is -3.25. The van der Waals surface area contributed by atoms with Gasteiger partial charge in [0, 0.05) is 18.0 Å². The van der Waals surface area contributed by atoms with E-state index in [-0.39, 0.29) is 17.5 Å². The highest BCUT2D eigenvalue weighted by molar-refractivity contribution is 5.97. The number of likely N-dealkylation sites (tertiary alicyclic amines) is 1. The number of nitrogens with zero attached hydrogens (tertiary/aromatic N) is 1. The van der Waals surface area contributed by atoms with Gasteiger partial charge in [0.1, 0.15) is 11.9 Å². The average Bonchev–Trinajstić information content (AvgIpc) is 2.78. The van der Waals surface area contributed by atoms with Crippen LogP contribution in [0, 0.1) is 11.7 Å². The van der Waals surface area contributed by atoms with Crippen molar-refractivity contribution in [2.75, 3.05) is 19.6 Å². The van der Waals surface area contributed by atoms with Crippen molar-refractivity contribution >= 4 is 22.6 Å². The van der Waals surface area contributed by atoms with Gasteiger partial charge in [0.15, 0.2) is 5.78 Å². The maximum atomic E-state index is 13.1. The first kappa shape index (κ1) is 21.0. The van der Waals surface area contributed by atoms with Crippen LogP contribution in [0.25, 0.3) is 10.8 Å². The molecule has 0 aromatic heterocycles. The van der Waals surface area contributed by atoms with E-state index in [1.165, 1.54) is 12.1 Å². The molecule has 31 heavy (non-hydrogen) atoms. The lowest BCUT2D eigenvalue weighted by Crippen LogP contribution is -2.39. The SMILES string of the molecule is NC(=O)OC(CN1CCC(C(=O)c2ccc(F)cc2)CC1)c1ccc2ccccc2c1. The highest BCUT2D eigenvalue weighted by Gasteiger charge is 2.28. The van der Waals surface area contributed by atoms with Crippen LogP contribution in [-0.2, 0) is 4.74 Å². The molecule has 0 saturated carbocycles. The quantitative estimate of drug-likeness (QED) is 0.586. The van der Waals surface area contributed by atoms with E-state index < -0.39 is 12.2 Å². The molecule has 0 bridgehead atoms. The van der Waals surface area contributed by atoms with E-state index in [2.05, 4.69) is 4.90 Å². The Morgan fingerprint density at radius 2 is 1.68 bits per heavy atom. The molecule has 3 aromatic carbocycles. The van der Waals surface area contributed by atoms with Crippen molar-refractivity contribution in [3.63, 3.8) is 0 Å². The van der Waals surface area contributed by atoms with Gasteiger partial charge in [0.2, 0.25) is 0 Å². The summed E-state index contributed by atoms with van der Waals surface area (Å²) in [6, 6.07) is 19.7. The number of ketones is 1. The largest absolute Gasteiger partial charge is 0.440 e. The fraction of sp³-hybridized carbons (Fsp3) is 0.280. The van der Waals surface area contributed by atoms with Crippen molar-refractivity contribution in [3.8, 4) is 0 Å². The molecule has 6 heteroatoms. The van der Waals surface area contributed by atoms with Gasteiger partial charge in [-0.3, -0.25) is 9.69 Å². The first-order valence-corrected chi connectivity index (χ1v) is 10.5. The predicted octanol–water partition coefficient (Wildman–Crippen LogP) is 4.71. The van der Waals surface area contributed by atoms with Crippen LogP contribution in [0.4, 0.5) is 9.18 Å². The second-order valence-corrected chi connectivity index (χ2v) is 7.98. The van der Waals surface area contributed by atoms with E-state index in [1.807, 2.05) is 42.5 Å². The molecule has 1 saturated heterocycles. The summed E-state index contributed by atoms with van der Waals surface area (Å²) >= 11 is 0. The lowest BCUT2D eigenvalue weighted by molar-refractivity contribution is 0.0598. The van der Waals surface area contributed by atoms with Crippen LogP contribution >= 0.6 is 0 Å². The summed E-state index contributed by atoms with van der Waals surface area (Å²) in [6.45, 7) is 1.94. The number of carbonyl (C=O) groups excluding carboxylic acids is 2. The molecular formula is C25H25FN2O3. The number of amides is 1. The third-order valence-electron chi connectivity index (χ3n) is 5.91. The van der Waals surface area contributed by atoms with Crippen LogP contribution in [0.1, 0.15) is 34.9 Å². The number of Topliss-reactive ketones (excluding diaryl/α,β-unsaturated/α-hetero) is 1. The van der Waals surface area contributed by atoms with Crippen LogP contribution in [0.2, 0.25) is 0 Å². The van der Waals surface area contributed by atoms with Gasteiger partial charge in [-0.15, -0.1) is 0 Å². The molecular weight excluding hydrogens is 395 g/mol. The second kappa shape index (κ2) is 9.27. The van der Waals surface area contributed by atoms with Gasteiger partial charge in [-0.05, 0) is 72.6 Å². The maximum absolute atomic E-state index is 13.1. The van der Waals surface area contributed by atoms with Crippen molar-refractivity contribution < 1.29 is 18.7 Å². The second-order valence-electron chi connectivity index (χ2n) is 7.98. The molecule has 1 fully saturated rings. The summed E-state index contributed by atoms with van der Waals surface area (Å²) in [5, 5.41) is 2.19. The minimum atomic E-state index is -0.806. The molecule has 5 nitrogen and oxygen atoms in total. The average molecular weight is 420 g/mol. The number of piperidine rings is 1. The number of primary amides is 1. The molecule has 1 heterocycles. The summed E-state index contributed by atoms with van der Waals surface area (Å²) in [7, 11) is 0.